The summed E-state index contributed by atoms with van der Waals surface area (Å²) in [6, 6.07) is 16.2. The third kappa shape index (κ3) is 5.83. The van der Waals surface area contributed by atoms with Gasteiger partial charge in [-0.3, -0.25) is 0 Å². The minimum absolute atomic E-state index is 0. The summed E-state index contributed by atoms with van der Waals surface area (Å²) >= 11 is 0. The molecule has 0 fully saturated rings. The molecule has 0 spiro atoms. The van der Waals surface area contributed by atoms with Gasteiger partial charge in [-0.2, -0.15) is 0 Å². The molecule has 2 nitrogen and oxygen atoms in total. The minimum Gasteiger partial charge on any atom is -0.454 e. The zero-order chi connectivity index (χ0) is 12.1. The quantitative estimate of drug-likeness (QED) is 0.651. The highest BCUT2D eigenvalue weighted by Gasteiger charge is 2.11. The van der Waals surface area contributed by atoms with E-state index in [9.17, 15) is 0 Å². The third-order valence-corrected chi connectivity index (χ3v) is 2.47. The second-order valence-electron chi connectivity index (χ2n) is 4.01. The summed E-state index contributed by atoms with van der Waals surface area (Å²) in [4.78, 5) is 0. The summed E-state index contributed by atoms with van der Waals surface area (Å²) in [5.74, 6) is 1.71. The Morgan fingerprint density at radius 1 is 0.750 bits per heavy atom. The fourth-order valence-electron chi connectivity index (χ4n) is 1.54. The van der Waals surface area contributed by atoms with Crippen LogP contribution in [0.2, 0.25) is 0 Å². The number of benzene rings is 2. The average Bonchev–Trinajstić information content (AvgIpc) is 2.78. The molecule has 2 aromatic carbocycles. The first-order chi connectivity index (χ1) is 8.25. The number of fused-ring (bicyclic) bond motifs is 1. The normalized spacial score (nSPS) is 9.90. The van der Waals surface area contributed by atoms with Crippen LogP contribution in [0.25, 0.3) is 0 Å². The molecule has 0 bridgehead atoms. The summed E-state index contributed by atoms with van der Waals surface area (Å²) in [5.41, 5.74) is 2.52. The highest BCUT2D eigenvalue weighted by atomic mass is 16.7. The van der Waals surface area contributed by atoms with E-state index in [0.717, 1.165) is 11.5 Å². The summed E-state index contributed by atoms with van der Waals surface area (Å²) in [5, 5.41) is 0. The van der Waals surface area contributed by atoms with E-state index in [1.54, 1.807) is 0 Å². The highest BCUT2D eigenvalue weighted by molar-refractivity contribution is 5.75. The fourth-order valence-corrected chi connectivity index (χ4v) is 1.54. The van der Waals surface area contributed by atoms with E-state index >= 15 is 0 Å². The van der Waals surface area contributed by atoms with Crippen LogP contribution in [0, 0.1) is 13.8 Å². The van der Waals surface area contributed by atoms with Crippen LogP contribution in [0.3, 0.4) is 0 Å². The van der Waals surface area contributed by atoms with Crippen LogP contribution in [0.4, 0.5) is 0 Å². The van der Waals surface area contributed by atoms with E-state index < -0.39 is 0 Å². The second kappa shape index (κ2) is 9.96. The van der Waals surface area contributed by atoms with Gasteiger partial charge in [0.15, 0.2) is 11.5 Å². The second-order valence-corrected chi connectivity index (χ2v) is 4.01. The molecule has 0 aromatic heterocycles. The Hall–Kier alpha value is -1.90. The molecular weight excluding hydrogens is 247 g/mol. The smallest absolute Gasteiger partial charge is 0.231 e. The van der Waals surface area contributed by atoms with Gasteiger partial charge in [0.25, 0.3) is 0 Å². The van der Waals surface area contributed by atoms with E-state index in [1.807, 2.05) is 43.3 Å². The van der Waals surface area contributed by atoms with Crippen LogP contribution in [-0.4, -0.2) is 15.2 Å². The van der Waals surface area contributed by atoms with Crippen LogP contribution in [-0.2, 0) is 0 Å². The van der Waals surface area contributed by atoms with Crippen molar-refractivity contribution in [3.8, 4) is 11.5 Å². The molecular formula is C17H24BO2. The van der Waals surface area contributed by atoms with Crippen molar-refractivity contribution in [2.45, 2.75) is 28.7 Å². The van der Waals surface area contributed by atoms with Crippen molar-refractivity contribution in [3.63, 3.8) is 0 Å². The zero-order valence-electron chi connectivity index (χ0n) is 10.7. The summed E-state index contributed by atoms with van der Waals surface area (Å²) in [6.07, 6.45) is 0. The van der Waals surface area contributed by atoms with Crippen molar-refractivity contribution < 1.29 is 9.47 Å². The molecule has 0 N–H and O–H groups in total. The van der Waals surface area contributed by atoms with Crippen molar-refractivity contribution in [2.24, 2.45) is 0 Å². The Morgan fingerprint density at radius 2 is 1.35 bits per heavy atom. The number of hydrogen-bond donors (Lipinski definition) is 0. The van der Waals surface area contributed by atoms with Gasteiger partial charge in [0.05, 0.1) is 0 Å². The molecule has 3 heteroatoms. The summed E-state index contributed by atoms with van der Waals surface area (Å²) in [6.45, 7) is 4.47. The van der Waals surface area contributed by atoms with E-state index in [1.165, 1.54) is 11.1 Å². The molecule has 0 amide bonds. The first-order valence-electron chi connectivity index (χ1n) is 5.63. The lowest BCUT2D eigenvalue weighted by molar-refractivity contribution is 0.174. The maximum Gasteiger partial charge on any atom is 0.231 e. The standard InChI is InChI=1S/C8H8O2.C7H8.2CH4.B/c1-6-2-3-7-8(4-6)10-5-9-7;1-7-5-3-2-4-6-7;;;/h2-4H,5H2,1H3;2-6H,1H3;2*1H4;. The van der Waals surface area contributed by atoms with Crippen molar-refractivity contribution in [1.29, 1.82) is 0 Å². The van der Waals surface area contributed by atoms with Crippen LogP contribution in [0.1, 0.15) is 26.0 Å². The maximum absolute atomic E-state index is 5.16. The fraction of sp³-hybridized carbons (Fsp3) is 0.294. The SMILES string of the molecule is C.C.Cc1ccc2c(c1)OCO2.Cc1ccccc1.[B]. The van der Waals surface area contributed by atoms with Crippen molar-refractivity contribution in [2.75, 3.05) is 6.79 Å². The predicted octanol–water partition coefficient (Wildman–Crippen LogP) is 4.61. The molecule has 0 saturated heterocycles. The van der Waals surface area contributed by atoms with E-state index in [4.69, 9.17) is 9.47 Å². The van der Waals surface area contributed by atoms with Gasteiger partial charge in [-0.25, -0.2) is 0 Å². The molecule has 1 heterocycles. The molecule has 0 atom stereocenters. The Bertz CT molecular complexity index is 484. The molecule has 1 aliphatic heterocycles. The van der Waals surface area contributed by atoms with Gasteiger partial charge in [-0.15, -0.1) is 0 Å². The molecule has 2 aromatic rings. The topological polar surface area (TPSA) is 18.5 Å². The molecule has 3 rings (SSSR count). The van der Waals surface area contributed by atoms with E-state index in [-0.39, 0.29) is 23.3 Å². The van der Waals surface area contributed by atoms with Gasteiger partial charge < -0.3 is 9.47 Å². The molecule has 0 aliphatic carbocycles. The Morgan fingerprint density at radius 3 is 1.90 bits per heavy atom. The Balaban J connectivity index is 0. The molecule has 1 aliphatic rings. The van der Waals surface area contributed by atoms with Crippen molar-refractivity contribution in [1.82, 2.24) is 0 Å². The van der Waals surface area contributed by atoms with Gasteiger partial charge in [-0.05, 0) is 31.5 Å². The van der Waals surface area contributed by atoms with Gasteiger partial charge >= 0.3 is 0 Å². The van der Waals surface area contributed by atoms with E-state index in [0.29, 0.717) is 6.79 Å². The molecule has 0 unspecified atom stereocenters. The Labute approximate surface area is 125 Å². The number of ether oxygens (including phenoxy) is 2. The summed E-state index contributed by atoms with van der Waals surface area (Å²) in [7, 11) is 0. The van der Waals surface area contributed by atoms with Crippen LogP contribution in [0.15, 0.2) is 48.5 Å². The molecule has 107 valence electrons. The lowest BCUT2D eigenvalue weighted by atomic mass is 10.2. The van der Waals surface area contributed by atoms with Crippen LogP contribution >= 0.6 is 0 Å². The van der Waals surface area contributed by atoms with Gasteiger partial charge in [-0.1, -0.05) is 56.8 Å². The highest BCUT2D eigenvalue weighted by Crippen LogP contribution is 2.31. The van der Waals surface area contributed by atoms with Crippen LogP contribution < -0.4 is 9.47 Å². The zero-order valence-corrected chi connectivity index (χ0v) is 10.7. The Kier molecular flexibility index (Phi) is 10.2. The number of hydrogen-bond acceptors (Lipinski definition) is 2. The first kappa shape index (κ1) is 20.4. The van der Waals surface area contributed by atoms with Gasteiger partial charge in [0.1, 0.15) is 0 Å². The maximum atomic E-state index is 5.16. The molecule has 3 radical (unpaired) electrons. The van der Waals surface area contributed by atoms with Crippen molar-refractivity contribution in [3.05, 3.63) is 59.7 Å². The van der Waals surface area contributed by atoms with Crippen molar-refractivity contribution >= 4 is 8.41 Å². The molecule has 0 saturated carbocycles. The third-order valence-electron chi connectivity index (χ3n) is 2.47. The number of aryl methyl sites for hydroxylation is 2. The monoisotopic (exact) mass is 271 g/mol. The lowest BCUT2D eigenvalue weighted by Gasteiger charge is -1.94. The largest absolute Gasteiger partial charge is 0.454 e. The predicted molar refractivity (Wildman–Crippen MR) is 87.7 cm³/mol. The first-order valence-corrected chi connectivity index (χ1v) is 5.63. The summed E-state index contributed by atoms with van der Waals surface area (Å²) < 4.78 is 10.3. The van der Waals surface area contributed by atoms with Gasteiger partial charge in [0, 0.05) is 8.41 Å². The molecule has 20 heavy (non-hydrogen) atoms. The average molecular weight is 271 g/mol. The van der Waals surface area contributed by atoms with Crippen LogP contribution in [0.5, 0.6) is 11.5 Å². The van der Waals surface area contributed by atoms with Gasteiger partial charge in [0.2, 0.25) is 6.79 Å². The van der Waals surface area contributed by atoms with E-state index in [2.05, 4.69) is 19.1 Å². The number of rotatable bonds is 0. The lowest BCUT2D eigenvalue weighted by Crippen LogP contribution is -1.92. The minimum atomic E-state index is 0.